The van der Waals surface area contributed by atoms with Crippen LogP contribution in [0.4, 0.5) is 0 Å². The molecular weight excluding hydrogens is 144 g/mol. The smallest absolute Gasteiger partial charge is 0.328 e. The Morgan fingerprint density at radius 2 is 2.10 bits per heavy atom. The monoisotopic (exact) mass is 158 g/mol. The van der Waals surface area contributed by atoms with Crippen molar-refractivity contribution in [1.29, 1.82) is 0 Å². The van der Waals surface area contributed by atoms with Crippen molar-refractivity contribution in [1.82, 2.24) is 0 Å². The number of methoxy groups -OCH3 is 1. The molecule has 2 nitrogen and oxygen atoms in total. The third-order valence-electron chi connectivity index (χ3n) is 1.09. The van der Waals surface area contributed by atoms with E-state index in [1.807, 2.05) is 19.9 Å². The lowest BCUT2D eigenvalue weighted by atomic mass is 10.2. The zero-order chi connectivity index (χ0) is 8.15. The second-order valence-electron chi connectivity index (χ2n) is 2.59. The van der Waals surface area contributed by atoms with Gasteiger partial charge in [0.15, 0.2) is 0 Å². The Morgan fingerprint density at radius 3 is 2.40 bits per heavy atom. The van der Waals surface area contributed by atoms with Gasteiger partial charge in [-0.05, 0) is 5.92 Å². The fourth-order valence-electron chi connectivity index (χ4n) is 0.729. The Hall–Kier alpha value is -0.573. The molecule has 0 rings (SSSR count). The fourth-order valence-corrected chi connectivity index (χ4v) is 1.60. The number of ether oxygens (including phenoxy) is 1. The van der Waals surface area contributed by atoms with E-state index in [2.05, 4.69) is 4.74 Å². The van der Waals surface area contributed by atoms with Crippen molar-refractivity contribution in [2.75, 3.05) is 7.11 Å². The lowest BCUT2D eigenvalue weighted by Crippen LogP contribution is -2.05. The van der Waals surface area contributed by atoms with Crippen molar-refractivity contribution >= 4 is 16.2 Å². The van der Waals surface area contributed by atoms with Crippen LogP contribution in [0.25, 0.3) is 0 Å². The van der Waals surface area contributed by atoms with Crippen molar-refractivity contribution in [3.05, 3.63) is 11.3 Å². The summed E-state index contributed by atoms with van der Waals surface area (Å²) in [6.07, 6.45) is 1.94. The van der Waals surface area contributed by atoms with Crippen molar-refractivity contribution in [3.63, 3.8) is 0 Å². The van der Waals surface area contributed by atoms with Gasteiger partial charge in [0, 0.05) is 15.4 Å². The molecule has 0 aliphatic carbocycles. The molecule has 0 aromatic heterocycles. The van der Waals surface area contributed by atoms with Crippen LogP contribution in [0.2, 0.25) is 0 Å². The van der Waals surface area contributed by atoms with E-state index in [0.717, 1.165) is 15.4 Å². The van der Waals surface area contributed by atoms with Crippen LogP contribution in [0.3, 0.4) is 0 Å². The highest BCUT2D eigenvalue weighted by Gasteiger charge is 2.01. The highest BCUT2D eigenvalue weighted by molar-refractivity contribution is 6.35. The van der Waals surface area contributed by atoms with Crippen LogP contribution < -0.4 is 0 Å². The predicted molar refractivity (Wildman–Crippen MR) is 44.9 cm³/mol. The molecule has 0 bridgehead atoms. The van der Waals surface area contributed by atoms with Crippen molar-refractivity contribution in [2.24, 2.45) is 5.92 Å². The van der Waals surface area contributed by atoms with E-state index >= 15 is 0 Å². The quantitative estimate of drug-likeness (QED) is 0.323. The molecule has 0 unspecified atom stereocenters. The molecule has 58 valence electrons. The van der Waals surface area contributed by atoms with Gasteiger partial charge in [0.2, 0.25) is 0 Å². The summed E-state index contributed by atoms with van der Waals surface area (Å²) in [7, 11) is 2.18. The minimum Gasteiger partial charge on any atom is -0.466 e. The Bertz CT molecular complexity index is 150. The van der Waals surface area contributed by atoms with Crippen LogP contribution >= 0.6 is 0 Å². The van der Waals surface area contributed by atoms with E-state index < -0.39 is 0 Å². The lowest BCUT2D eigenvalue weighted by Gasteiger charge is -1.99. The summed E-state index contributed by atoms with van der Waals surface area (Å²) in [4.78, 5) is 10.8. The standard InChI is InChI=1S/C7H14O2Si/c1-5(2)4-6(10)7(8)9-3/h4-5H,1-3,10H3. The largest absolute Gasteiger partial charge is 0.466 e. The molecule has 0 saturated carbocycles. The minimum absolute atomic E-state index is 0.180. The summed E-state index contributed by atoms with van der Waals surface area (Å²) in [5, 5.41) is 0.817. The molecular formula is C7H14O2Si. The van der Waals surface area contributed by atoms with Crippen LogP contribution in [0.15, 0.2) is 11.3 Å². The molecule has 0 aromatic carbocycles. The summed E-state index contributed by atoms with van der Waals surface area (Å²) in [5.74, 6) is 0.256. The van der Waals surface area contributed by atoms with E-state index in [9.17, 15) is 4.79 Å². The summed E-state index contributed by atoms with van der Waals surface area (Å²) in [5.41, 5.74) is 0. The van der Waals surface area contributed by atoms with Gasteiger partial charge in [0.1, 0.15) is 0 Å². The van der Waals surface area contributed by atoms with E-state index in [1.165, 1.54) is 7.11 Å². The second-order valence-corrected chi connectivity index (χ2v) is 3.66. The second kappa shape index (κ2) is 4.28. The summed E-state index contributed by atoms with van der Waals surface area (Å²) >= 11 is 0. The van der Waals surface area contributed by atoms with Crippen LogP contribution in [-0.4, -0.2) is 23.3 Å². The molecule has 0 heterocycles. The average molecular weight is 158 g/mol. The van der Waals surface area contributed by atoms with Gasteiger partial charge in [-0.1, -0.05) is 19.9 Å². The fraction of sp³-hybridized carbons (Fsp3) is 0.571. The van der Waals surface area contributed by atoms with Crippen molar-refractivity contribution in [3.8, 4) is 0 Å². The third-order valence-corrected chi connectivity index (χ3v) is 1.83. The number of carbonyl (C=O) groups is 1. The molecule has 3 heteroatoms. The minimum atomic E-state index is -0.180. The number of hydrogen-bond donors (Lipinski definition) is 0. The first-order valence-electron chi connectivity index (χ1n) is 3.34. The first-order valence-corrected chi connectivity index (χ1v) is 4.34. The van der Waals surface area contributed by atoms with Gasteiger partial charge in [-0.25, -0.2) is 4.79 Å². The van der Waals surface area contributed by atoms with Gasteiger partial charge < -0.3 is 4.74 Å². The zero-order valence-corrected chi connectivity index (χ0v) is 8.97. The molecule has 0 spiro atoms. The highest BCUT2D eigenvalue weighted by Crippen LogP contribution is 1.99. The Balaban J connectivity index is 4.05. The molecule has 0 aromatic rings. The maximum atomic E-state index is 10.8. The maximum absolute atomic E-state index is 10.8. The third kappa shape index (κ3) is 3.45. The molecule has 0 aliphatic rings. The first kappa shape index (κ1) is 9.43. The normalized spacial score (nSPS) is 12.2. The molecule has 0 aliphatic heterocycles. The Morgan fingerprint density at radius 1 is 1.60 bits per heavy atom. The van der Waals surface area contributed by atoms with Gasteiger partial charge in [0.25, 0.3) is 0 Å². The zero-order valence-electron chi connectivity index (χ0n) is 6.97. The summed E-state index contributed by atoms with van der Waals surface area (Å²) in [6.45, 7) is 4.08. The number of allylic oxidation sites excluding steroid dienone is 1. The molecule has 0 saturated heterocycles. The van der Waals surface area contributed by atoms with E-state index in [4.69, 9.17) is 0 Å². The van der Waals surface area contributed by atoms with Crippen molar-refractivity contribution in [2.45, 2.75) is 13.8 Å². The molecule has 0 radical (unpaired) electrons. The topological polar surface area (TPSA) is 26.3 Å². The van der Waals surface area contributed by atoms with Crippen LogP contribution in [-0.2, 0) is 9.53 Å². The average Bonchev–Trinajstić information content (AvgIpc) is 1.85. The van der Waals surface area contributed by atoms with E-state index in [0.29, 0.717) is 5.92 Å². The lowest BCUT2D eigenvalue weighted by molar-refractivity contribution is -0.135. The van der Waals surface area contributed by atoms with Gasteiger partial charge in [-0.15, -0.1) is 0 Å². The van der Waals surface area contributed by atoms with Gasteiger partial charge in [0.05, 0.1) is 7.11 Å². The van der Waals surface area contributed by atoms with Crippen LogP contribution in [0, 0.1) is 5.92 Å². The predicted octanol–water partition coefficient (Wildman–Crippen LogP) is 0.0647. The van der Waals surface area contributed by atoms with Gasteiger partial charge in [-0.2, -0.15) is 0 Å². The highest BCUT2D eigenvalue weighted by atomic mass is 28.1. The van der Waals surface area contributed by atoms with Crippen LogP contribution in [0.5, 0.6) is 0 Å². The number of carbonyl (C=O) groups excluding carboxylic acids is 1. The number of hydrogen-bond acceptors (Lipinski definition) is 2. The summed E-state index contributed by atoms with van der Waals surface area (Å²) in [6, 6.07) is 0. The Labute approximate surface area is 64.7 Å². The molecule has 10 heavy (non-hydrogen) atoms. The van der Waals surface area contributed by atoms with Crippen molar-refractivity contribution < 1.29 is 9.53 Å². The van der Waals surface area contributed by atoms with Crippen LogP contribution in [0.1, 0.15) is 13.8 Å². The van der Waals surface area contributed by atoms with Gasteiger partial charge >= 0.3 is 5.97 Å². The molecule has 0 N–H and O–H groups in total. The molecule has 0 atom stereocenters. The summed E-state index contributed by atoms with van der Waals surface area (Å²) < 4.78 is 4.54. The van der Waals surface area contributed by atoms with E-state index in [-0.39, 0.29) is 5.97 Å². The maximum Gasteiger partial charge on any atom is 0.328 e. The molecule has 0 fully saturated rings. The van der Waals surface area contributed by atoms with E-state index in [1.54, 1.807) is 0 Å². The SMILES string of the molecule is COC(=O)C([SiH3])=CC(C)C. The first-order chi connectivity index (χ1) is 4.57. The molecule has 0 amide bonds. The Kier molecular flexibility index (Phi) is 4.03. The van der Waals surface area contributed by atoms with Gasteiger partial charge in [-0.3, -0.25) is 0 Å². The number of rotatable bonds is 2. The number of esters is 1.